The summed E-state index contributed by atoms with van der Waals surface area (Å²) in [5.41, 5.74) is 8.13. The monoisotopic (exact) mass is 174 g/mol. The summed E-state index contributed by atoms with van der Waals surface area (Å²) in [7, 11) is 0. The largest absolute Gasteiger partial charge is 0.361 e. The van der Waals surface area contributed by atoms with Crippen LogP contribution in [-0.4, -0.2) is 4.98 Å². The first-order valence-corrected chi connectivity index (χ1v) is 4.44. The Balaban J connectivity index is 2.75. The van der Waals surface area contributed by atoms with Gasteiger partial charge < -0.3 is 10.7 Å². The molecule has 0 saturated heterocycles. The highest BCUT2D eigenvalue weighted by Crippen LogP contribution is 2.25. The van der Waals surface area contributed by atoms with Gasteiger partial charge in [0, 0.05) is 22.6 Å². The van der Waals surface area contributed by atoms with E-state index in [0.29, 0.717) is 0 Å². The molecule has 0 aliphatic carbocycles. The minimum absolute atomic E-state index is 0.276. The second-order valence-corrected chi connectivity index (χ2v) is 3.97. The normalized spacial score (nSPS) is 12.2. The first kappa shape index (κ1) is 8.32. The van der Waals surface area contributed by atoms with Crippen LogP contribution in [0.2, 0.25) is 0 Å². The lowest BCUT2D eigenvalue weighted by atomic mass is 9.93. The number of aromatic amines is 1. The van der Waals surface area contributed by atoms with E-state index in [9.17, 15) is 0 Å². The van der Waals surface area contributed by atoms with Crippen molar-refractivity contribution in [1.29, 1.82) is 0 Å². The van der Waals surface area contributed by atoms with E-state index >= 15 is 0 Å². The molecule has 3 N–H and O–H groups in total. The Morgan fingerprint density at radius 1 is 1.23 bits per heavy atom. The molecule has 0 atom stereocenters. The van der Waals surface area contributed by atoms with Crippen molar-refractivity contribution in [2.24, 2.45) is 5.73 Å². The number of nitrogens with one attached hydrogen (secondary N) is 1. The Hall–Kier alpha value is -1.28. The molecule has 2 heteroatoms. The van der Waals surface area contributed by atoms with Crippen molar-refractivity contribution >= 4 is 10.9 Å². The van der Waals surface area contributed by atoms with E-state index in [2.05, 4.69) is 23.2 Å². The van der Waals surface area contributed by atoms with Gasteiger partial charge in [-0.1, -0.05) is 12.1 Å². The highest BCUT2D eigenvalue weighted by Gasteiger charge is 2.16. The van der Waals surface area contributed by atoms with Gasteiger partial charge in [-0.25, -0.2) is 0 Å². The maximum absolute atomic E-state index is 6.07. The molecule has 0 unspecified atom stereocenters. The summed E-state index contributed by atoms with van der Waals surface area (Å²) in [6.07, 6.45) is 1.94. The molecule has 2 nitrogen and oxygen atoms in total. The highest BCUT2D eigenvalue weighted by atomic mass is 14.7. The lowest BCUT2D eigenvalue weighted by Gasteiger charge is -2.20. The van der Waals surface area contributed by atoms with Crippen LogP contribution in [0.5, 0.6) is 0 Å². The quantitative estimate of drug-likeness (QED) is 0.684. The fourth-order valence-electron chi connectivity index (χ4n) is 1.65. The lowest BCUT2D eigenvalue weighted by Crippen LogP contribution is -2.28. The average molecular weight is 174 g/mol. The third-order valence-electron chi connectivity index (χ3n) is 2.29. The number of benzene rings is 1. The van der Waals surface area contributed by atoms with Crippen molar-refractivity contribution in [1.82, 2.24) is 4.98 Å². The summed E-state index contributed by atoms with van der Waals surface area (Å²) < 4.78 is 0. The van der Waals surface area contributed by atoms with Crippen molar-refractivity contribution in [3.8, 4) is 0 Å². The Morgan fingerprint density at radius 3 is 2.69 bits per heavy atom. The minimum Gasteiger partial charge on any atom is -0.361 e. The van der Waals surface area contributed by atoms with E-state index in [-0.39, 0.29) is 5.54 Å². The lowest BCUT2D eigenvalue weighted by molar-refractivity contribution is 0.560. The fraction of sp³-hybridized carbons (Fsp3) is 0.273. The zero-order chi connectivity index (χ0) is 9.47. The zero-order valence-electron chi connectivity index (χ0n) is 7.96. The van der Waals surface area contributed by atoms with Crippen molar-refractivity contribution in [3.05, 3.63) is 36.0 Å². The summed E-state index contributed by atoms with van der Waals surface area (Å²) in [5.74, 6) is 0. The van der Waals surface area contributed by atoms with Crippen LogP contribution >= 0.6 is 0 Å². The maximum Gasteiger partial charge on any atom is 0.0457 e. The van der Waals surface area contributed by atoms with Crippen LogP contribution in [0.3, 0.4) is 0 Å². The van der Waals surface area contributed by atoms with Gasteiger partial charge >= 0.3 is 0 Å². The Labute approximate surface area is 77.8 Å². The number of hydrogen-bond acceptors (Lipinski definition) is 1. The number of aromatic nitrogens is 1. The van der Waals surface area contributed by atoms with Crippen LogP contribution in [0.25, 0.3) is 10.9 Å². The molecule has 1 aromatic carbocycles. The van der Waals surface area contributed by atoms with Crippen molar-refractivity contribution in [2.75, 3.05) is 0 Å². The summed E-state index contributed by atoms with van der Waals surface area (Å²) >= 11 is 0. The summed E-state index contributed by atoms with van der Waals surface area (Å²) in [6.45, 7) is 4.05. The molecule has 0 spiro atoms. The van der Waals surface area contributed by atoms with Gasteiger partial charge in [0.2, 0.25) is 0 Å². The van der Waals surface area contributed by atoms with Gasteiger partial charge in [0.05, 0.1) is 0 Å². The third-order valence-corrected chi connectivity index (χ3v) is 2.29. The number of H-pyrrole nitrogens is 1. The van der Waals surface area contributed by atoms with Crippen LogP contribution < -0.4 is 5.73 Å². The third kappa shape index (κ3) is 1.33. The number of hydrogen-bond donors (Lipinski definition) is 2. The summed E-state index contributed by atoms with van der Waals surface area (Å²) in [4.78, 5) is 3.18. The van der Waals surface area contributed by atoms with E-state index in [1.807, 2.05) is 26.1 Å². The zero-order valence-corrected chi connectivity index (χ0v) is 7.96. The molecule has 0 radical (unpaired) electrons. The van der Waals surface area contributed by atoms with Gasteiger partial charge in [0.1, 0.15) is 0 Å². The minimum atomic E-state index is -0.276. The van der Waals surface area contributed by atoms with Gasteiger partial charge in [0.25, 0.3) is 0 Å². The predicted molar refractivity (Wildman–Crippen MR) is 55.5 cm³/mol. The Kier molecular flexibility index (Phi) is 1.67. The molecule has 68 valence electrons. The van der Waals surface area contributed by atoms with E-state index < -0.39 is 0 Å². The molecule has 2 aromatic rings. The Morgan fingerprint density at radius 2 is 2.00 bits per heavy atom. The molecular formula is C11H14N2. The molecule has 0 saturated carbocycles. The summed E-state index contributed by atoms with van der Waals surface area (Å²) in [5, 5.41) is 1.22. The van der Waals surface area contributed by atoms with Crippen LogP contribution in [0.4, 0.5) is 0 Å². The van der Waals surface area contributed by atoms with Gasteiger partial charge in [0.15, 0.2) is 0 Å². The molecule has 0 aliphatic rings. The number of nitrogens with two attached hydrogens (primary N) is 1. The first-order chi connectivity index (χ1) is 6.09. The summed E-state index contributed by atoms with van der Waals surface area (Å²) in [6, 6.07) is 8.24. The van der Waals surface area contributed by atoms with Gasteiger partial charge in [-0.15, -0.1) is 0 Å². The molecule has 0 bridgehead atoms. The van der Waals surface area contributed by atoms with Crippen molar-refractivity contribution in [2.45, 2.75) is 19.4 Å². The Bertz CT molecular complexity index is 421. The van der Waals surface area contributed by atoms with Gasteiger partial charge in [-0.3, -0.25) is 0 Å². The van der Waals surface area contributed by atoms with E-state index in [1.165, 1.54) is 10.9 Å². The van der Waals surface area contributed by atoms with Crippen molar-refractivity contribution < 1.29 is 0 Å². The molecular weight excluding hydrogens is 160 g/mol. The average Bonchev–Trinajstić information content (AvgIpc) is 2.48. The second-order valence-electron chi connectivity index (χ2n) is 3.97. The molecule has 2 rings (SSSR count). The standard InChI is InChI=1S/C11H14N2/c1-11(2,12)9-4-3-5-10-8(9)6-7-13-10/h3-7,13H,12H2,1-2H3. The van der Waals surface area contributed by atoms with Crippen LogP contribution in [0.1, 0.15) is 19.4 Å². The predicted octanol–water partition coefficient (Wildman–Crippen LogP) is 2.36. The molecule has 1 heterocycles. The van der Waals surface area contributed by atoms with E-state index in [0.717, 1.165) is 5.52 Å². The molecule has 0 fully saturated rings. The topological polar surface area (TPSA) is 41.8 Å². The SMILES string of the molecule is CC(C)(N)c1cccc2[nH]ccc12. The second kappa shape index (κ2) is 2.60. The van der Waals surface area contributed by atoms with Gasteiger partial charge in [-0.2, -0.15) is 0 Å². The van der Waals surface area contributed by atoms with Crippen LogP contribution in [-0.2, 0) is 5.54 Å². The molecule has 0 amide bonds. The smallest absolute Gasteiger partial charge is 0.0457 e. The van der Waals surface area contributed by atoms with E-state index in [1.54, 1.807) is 0 Å². The van der Waals surface area contributed by atoms with Crippen molar-refractivity contribution in [3.63, 3.8) is 0 Å². The number of fused-ring (bicyclic) bond motifs is 1. The molecule has 1 aromatic heterocycles. The first-order valence-electron chi connectivity index (χ1n) is 4.44. The van der Waals surface area contributed by atoms with E-state index in [4.69, 9.17) is 5.73 Å². The fourth-order valence-corrected chi connectivity index (χ4v) is 1.65. The highest BCUT2D eigenvalue weighted by molar-refractivity contribution is 5.83. The maximum atomic E-state index is 6.07. The molecule has 0 aliphatic heterocycles. The van der Waals surface area contributed by atoms with Gasteiger partial charge in [-0.05, 0) is 31.5 Å². The molecule has 13 heavy (non-hydrogen) atoms. The van der Waals surface area contributed by atoms with Crippen LogP contribution in [0.15, 0.2) is 30.5 Å². The number of rotatable bonds is 1. The van der Waals surface area contributed by atoms with Crippen LogP contribution in [0, 0.1) is 0 Å².